The number of rotatable bonds is 4. The van der Waals surface area contributed by atoms with Gasteiger partial charge in [-0.1, -0.05) is 35.9 Å². The first-order chi connectivity index (χ1) is 11.4. The van der Waals surface area contributed by atoms with Crippen LogP contribution in [0.4, 0.5) is 24.7 Å². The van der Waals surface area contributed by atoms with Gasteiger partial charge in [0.05, 0.1) is 18.8 Å². The summed E-state index contributed by atoms with van der Waals surface area (Å²) >= 11 is 0. The first-order valence-electron chi connectivity index (χ1n) is 7.17. The average molecular weight is 324 g/mol. The Balaban J connectivity index is 1.84. The van der Waals surface area contributed by atoms with Crippen LogP contribution >= 0.6 is 0 Å². The number of alkyl halides is 3. The maximum Gasteiger partial charge on any atom is 0.419 e. The van der Waals surface area contributed by atoms with Crippen LogP contribution in [0.15, 0.2) is 55.0 Å². The van der Waals surface area contributed by atoms with Gasteiger partial charge in [-0.3, -0.25) is 0 Å². The highest BCUT2D eigenvalue weighted by Crippen LogP contribution is 2.37. The number of aromatic nitrogens is 1. The number of hydrogen-bond donors (Lipinski definition) is 2. The third kappa shape index (κ3) is 3.54. The lowest BCUT2D eigenvalue weighted by Crippen LogP contribution is -2.29. The molecule has 8 heteroatoms. The van der Waals surface area contributed by atoms with E-state index in [0.717, 1.165) is 16.8 Å². The van der Waals surface area contributed by atoms with Gasteiger partial charge in [0.15, 0.2) is 0 Å². The van der Waals surface area contributed by atoms with Crippen LogP contribution in [0.3, 0.4) is 0 Å². The summed E-state index contributed by atoms with van der Waals surface area (Å²) in [4.78, 5) is 8.55. The van der Waals surface area contributed by atoms with E-state index in [1.807, 2.05) is 6.07 Å². The third-order valence-electron chi connectivity index (χ3n) is 3.12. The van der Waals surface area contributed by atoms with Gasteiger partial charge in [0.1, 0.15) is 12.1 Å². The highest BCUT2D eigenvalue weighted by atomic mass is 19.4. The molecular weight excluding hydrogens is 309 g/mol. The van der Waals surface area contributed by atoms with Gasteiger partial charge in [0.2, 0.25) is 0 Å². The highest BCUT2D eigenvalue weighted by molar-refractivity contribution is 5.61. The molecule has 0 amide bonds. The van der Waals surface area contributed by atoms with Crippen LogP contribution in [0.2, 0.25) is 0 Å². The molecule has 0 saturated carbocycles. The standard InChI is InChI=1S/C15H13F3N4O/c16-15(17,18)12-10-20-14(8-13(12)22-6-7-23-21-22)19-9-11-4-2-1-3-5-11/h1-8,10,21H,9H2,(H,19,20)/i2T. The summed E-state index contributed by atoms with van der Waals surface area (Å²) in [7, 11) is 0. The summed E-state index contributed by atoms with van der Waals surface area (Å²) in [5.74, 6) is 0.274. The Bertz CT molecular complexity index is 767. The van der Waals surface area contributed by atoms with Crippen molar-refractivity contribution in [1.29, 1.82) is 0 Å². The van der Waals surface area contributed by atoms with Gasteiger partial charge in [-0.2, -0.15) is 13.2 Å². The summed E-state index contributed by atoms with van der Waals surface area (Å²) in [5, 5.41) is 4.06. The molecule has 0 spiro atoms. The van der Waals surface area contributed by atoms with Crippen molar-refractivity contribution in [3.05, 3.63) is 66.2 Å². The van der Waals surface area contributed by atoms with Crippen LogP contribution in [-0.2, 0) is 17.6 Å². The Morgan fingerprint density at radius 2 is 2.22 bits per heavy atom. The van der Waals surface area contributed by atoms with E-state index in [9.17, 15) is 13.2 Å². The zero-order chi connectivity index (χ0) is 17.2. The second-order valence-electron chi connectivity index (χ2n) is 4.71. The van der Waals surface area contributed by atoms with E-state index in [1.165, 1.54) is 18.5 Å². The van der Waals surface area contributed by atoms with Crippen molar-refractivity contribution < 1.29 is 19.4 Å². The van der Waals surface area contributed by atoms with Gasteiger partial charge in [-0.25, -0.2) is 9.99 Å². The number of hydrogen-bond acceptors (Lipinski definition) is 5. The van der Waals surface area contributed by atoms with E-state index in [2.05, 4.69) is 15.9 Å². The van der Waals surface area contributed by atoms with Crippen LogP contribution < -0.4 is 15.9 Å². The zero-order valence-electron chi connectivity index (χ0n) is 12.8. The molecule has 0 unspecified atom stereocenters. The van der Waals surface area contributed by atoms with E-state index in [4.69, 9.17) is 6.21 Å². The Morgan fingerprint density at radius 3 is 2.91 bits per heavy atom. The van der Waals surface area contributed by atoms with Crippen LogP contribution in [0.5, 0.6) is 0 Å². The molecule has 2 aromatic rings. The lowest BCUT2D eigenvalue weighted by molar-refractivity contribution is -0.137. The predicted octanol–water partition coefficient (Wildman–Crippen LogP) is 3.44. The topological polar surface area (TPSA) is 49.4 Å². The molecule has 1 aromatic heterocycles. The molecule has 2 N–H and O–H groups in total. The summed E-state index contributed by atoms with van der Waals surface area (Å²) in [6.45, 7) is 0.338. The molecule has 1 aliphatic rings. The maximum atomic E-state index is 13.1. The number of nitrogens with zero attached hydrogens (tertiary/aromatic N) is 2. The molecule has 1 aliphatic heterocycles. The van der Waals surface area contributed by atoms with Crippen LogP contribution in [0, 0.1) is 0 Å². The third-order valence-corrected chi connectivity index (χ3v) is 3.12. The predicted molar refractivity (Wildman–Crippen MR) is 78.8 cm³/mol. The molecule has 5 nitrogen and oxygen atoms in total. The number of benzene rings is 1. The largest absolute Gasteiger partial charge is 0.419 e. The van der Waals surface area contributed by atoms with E-state index in [0.29, 0.717) is 12.6 Å². The van der Waals surface area contributed by atoms with Crippen molar-refractivity contribution in [3.8, 4) is 0 Å². The lowest BCUT2D eigenvalue weighted by Gasteiger charge is -2.20. The van der Waals surface area contributed by atoms with Crippen molar-refractivity contribution in [2.75, 3.05) is 10.3 Å². The van der Waals surface area contributed by atoms with Crippen molar-refractivity contribution >= 4 is 11.5 Å². The normalized spacial score (nSPS) is 14.6. The van der Waals surface area contributed by atoms with E-state index >= 15 is 0 Å². The van der Waals surface area contributed by atoms with Crippen molar-refractivity contribution in [2.45, 2.75) is 12.7 Å². The zero-order valence-corrected chi connectivity index (χ0v) is 11.8. The van der Waals surface area contributed by atoms with Gasteiger partial charge in [-0.15, -0.1) is 0 Å². The van der Waals surface area contributed by atoms with Crippen LogP contribution in [0.25, 0.3) is 0 Å². The van der Waals surface area contributed by atoms with E-state index < -0.39 is 11.7 Å². The van der Waals surface area contributed by atoms with Gasteiger partial charge >= 0.3 is 6.18 Å². The molecule has 0 saturated heterocycles. The van der Waals surface area contributed by atoms with Gasteiger partial charge < -0.3 is 10.2 Å². The Hall–Kier alpha value is -2.74. The fraction of sp³-hybridized carbons (Fsp3) is 0.133. The molecular formula is C15H13F3N4O. The molecule has 2 heterocycles. The fourth-order valence-corrected chi connectivity index (χ4v) is 2.03. The first kappa shape index (κ1) is 13.9. The lowest BCUT2D eigenvalue weighted by atomic mass is 10.2. The number of anilines is 2. The first-order valence-corrected chi connectivity index (χ1v) is 6.67. The summed E-state index contributed by atoms with van der Waals surface area (Å²) in [5.41, 5.74) is 2.14. The number of halogens is 3. The van der Waals surface area contributed by atoms with Gasteiger partial charge in [0, 0.05) is 18.8 Å². The monoisotopic (exact) mass is 324 g/mol. The van der Waals surface area contributed by atoms with Gasteiger partial charge in [-0.05, 0) is 5.56 Å². The maximum absolute atomic E-state index is 13.1. The van der Waals surface area contributed by atoms with E-state index in [1.54, 1.807) is 18.2 Å². The molecule has 120 valence electrons. The second kappa shape index (κ2) is 6.17. The minimum absolute atomic E-state index is 0.136. The Morgan fingerprint density at radius 1 is 1.35 bits per heavy atom. The number of hydrazine groups is 1. The quantitative estimate of drug-likeness (QED) is 0.902. The molecule has 1 aromatic carbocycles. The van der Waals surface area contributed by atoms with Crippen molar-refractivity contribution in [1.82, 2.24) is 10.6 Å². The summed E-state index contributed by atoms with van der Waals surface area (Å²) in [6, 6.07) is 8.49. The van der Waals surface area contributed by atoms with Gasteiger partial charge in [0.25, 0.3) is 0 Å². The highest BCUT2D eigenvalue weighted by Gasteiger charge is 2.36. The molecule has 0 fully saturated rings. The summed E-state index contributed by atoms with van der Waals surface area (Å²) in [6.07, 6.45) is -1.21. The number of nitrogens with one attached hydrogen (secondary N) is 2. The molecule has 0 radical (unpaired) electrons. The molecule has 23 heavy (non-hydrogen) atoms. The number of pyridine rings is 1. The molecule has 0 atom stereocenters. The van der Waals surface area contributed by atoms with Crippen molar-refractivity contribution in [3.63, 3.8) is 0 Å². The SMILES string of the molecule is [3H]c1cccc(CNc2cc(N3C=CON3)c(C(F)(F)F)cn2)c1. The Labute approximate surface area is 131 Å². The van der Waals surface area contributed by atoms with Crippen LogP contribution in [0.1, 0.15) is 12.5 Å². The average Bonchev–Trinajstić information content (AvgIpc) is 3.06. The van der Waals surface area contributed by atoms with Crippen molar-refractivity contribution in [2.24, 2.45) is 0 Å². The second-order valence-corrected chi connectivity index (χ2v) is 4.71. The Kier molecular flexibility index (Phi) is 3.73. The molecule has 0 bridgehead atoms. The molecule has 0 aliphatic carbocycles. The minimum atomic E-state index is -4.54. The van der Waals surface area contributed by atoms with E-state index in [-0.39, 0.29) is 11.5 Å². The summed E-state index contributed by atoms with van der Waals surface area (Å²) < 4.78 is 46.9. The smallest absolute Gasteiger partial charge is 0.395 e. The van der Waals surface area contributed by atoms with Crippen LogP contribution in [-0.4, -0.2) is 4.98 Å². The fourth-order valence-electron chi connectivity index (χ4n) is 2.03. The molecule has 3 rings (SSSR count). The minimum Gasteiger partial charge on any atom is -0.395 e.